The molecule has 4 heterocycles. The Balaban J connectivity index is 1.49. The topological polar surface area (TPSA) is 92.2 Å². The smallest absolute Gasteiger partial charge is 0.272 e. The largest absolute Gasteiger partial charge is 0.357 e. The zero-order valence-corrected chi connectivity index (χ0v) is 19.5. The maximum atomic E-state index is 13.5. The molecule has 0 spiro atoms. The highest BCUT2D eigenvalue weighted by Crippen LogP contribution is 2.28. The normalized spacial score (nSPS) is 21.2. The molecule has 1 amide bonds. The molecule has 2 saturated heterocycles. The summed E-state index contributed by atoms with van der Waals surface area (Å²) in [7, 11) is 0. The molecule has 2 aromatic heterocycles. The predicted octanol–water partition coefficient (Wildman–Crippen LogP) is 3.51. The molecule has 178 valence electrons. The van der Waals surface area contributed by atoms with E-state index in [-0.39, 0.29) is 23.8 Å². The molecule has 3 fully saturated rings. The van der Waals surface area contributed by atoms with Crippen molar-refractivity contribution >= 4 is 28.7 Å². The first kappa shape index (κ1) is 22.3. The van der Waals surface area contributed by atoms with Crippen LogP contribution in [-0.4, -0.2) is 58.8 Å². The number of rotatable bonds is 4. The summed E-state index contributed by atoms with van der Waals surface area (Å²) < 4.78 is 1.45. The van der Waals surface area contributed by atoms with Gasteiger partial charge in [0.25, 0.3) is 11.8 Å². The highest BCUT2D eigenvalue weighted by Gasteiger charge is 2.29. The molecule has 2 aromatic rings. The number of fused-ring (bicyclic) bond motifs is 1. The molecular weight excluding hydrogens is 416 g/mol. The molecule has 33 heavy (non-hydrogen) atoms. The third kappa shape index (κ3) is 4.90. The molecule has 1 aliphatic carbocycles. The van der Waals surface area contributed by atoms with Crippen LogP contribution in [0.15, 0.2) is 12.1 Å². The Kier molecular flexibility index (Phi) is 6.90. The number of hydrogen-bond acceptors (Lipinski definition) is 6. The number of nitrogens with zero attached hydrogens (tertiary/aromatic N) is 4. The second-order valence-corrected chi connectivity index (χ2v) is 9.87. The van der Waals surface area contributed by atoms with E-state index in [9.17, 15) is 9.59 Å². The van der Waals surface area contributed by atoms with Gasteiger partial charge in [-0.15, -0.1) is 0 Å². The van der Waals surface area contributed by atoms with Crippen molar-refractivity contribution in [3.8, 4) is 0 Å². The molecule has 8 heteroatoms. The van der Waals surface area contributed by atoms with E-state index in [0.717, 1.165) is 83.4 Å². The van der Waals surface area contributed by atoms with Crippen molar-refractivity contribution in [2.75, 3.05) is 31.1 Å². The van der Waals surface area contributed by atoms with Gasteiger partial charge in [0, 0.05) is 25.0 Å². The number of hydrogen-bond donors (Lipinski definition) is 2. The van der Waals surface area contributed by atoms with Crippen LogP contribution in [0, 0.1) is 5.92 Å². The second-order valence-electron chi connectivity index (χ2n) is 9.87. The molecule has 8 nitrogen and oxygen atoms in total. The van der Waals surface area contributed by atoms with Crippen LogP contribution in [0.3, 0.4) is 0 Å². The fourth-order valence-corrected chi connectivity index (χ4v) is 5.53. The van der Waals surface area contributed by atoms with E-state index in [1.165, 1.54) is 23.9 Å². The number of carbonyl (C=O) groups excluding carboxylic acids is 2. The summed E-state index contributed by atoms with van der Waals surface area (Å²) in [6, 6.07) is 4.07. The summed E-state index contributed by atoms with van der Waals surface area (Å²) in [5.74, 6) is 0.630. The molecule has 0 unspecified atom stereocenters. The summed E-state index contributed by atoms with van der Waals surface area (Å²) in [5, 5.41) is 11.7. The first-order valence-electron chi connectivity index (χ1n) is 12.9. The molecule has 0 bridgehead atoms. The van der Waals surface area contributed by atoms with Gasteiger partial charge < -0.3 is 15.5 Å². The van der Waals surface area contributed by atoms with Crippen LogP contribution in [0.25, 0.3) is 11.0 Å². The van der Waals surface area contributed by atoms with E-state index in [4.69, 9.17) is 4.98 Å². The quantitative estimate of drug-likeness (QED) is 0.738. The average Bonchev–Trinajstić information content (AvgIpc) is 3.03. The van der Waals surface area contributed by atoms with Gasteiger partial charge in [0.2, 0.25) is 0 Å². The Bertz CT molecular complexity index is 982. The fraction of sp³-hybridized carbons (Fsp3) is 0.680. The predicted molar refractivity (Wildman–Crippen MR) is 129 cm³/mol. The molecule has 2 aliphatic heterocycles. The van der Waals surface area contributed by atoms with Gasteiger partial charge in [-0.05, 0) is 63.7 Å². The van der Waals surface area contributed by atoms with Gasteiger partial charge in [0.15, 0.2) is 11.3 Å². The zero-order chi connectivity index (χ0) is 22.6. The molecule has 0 aromatic carbocycles. The zero-order valence-electron chi connectivity index (χ0n) is 19.5. The van der Waals surface area contributed by atoms with E-state index in [1.54, 1.807) is 0 Å². The van der Waals surface area contributed by atoms with Gasteiger partial charge in [-0.2, -0.15) is 9.78 Å². The van der Waals surface area contributed by atoms with Crippen molar-refractivity contribution in [2.45, 2.75) is 76.7 Å². The minimum Gasteiger partial charge on any atom is -0.357 e. The van der Waals surface area contributed by atoms with Crippen LogP contribution < -0.4 is 15.5 Å². The van der Waals surface area contributed by atoms with Crippen molar-refractivity contribution < 1.29 is 9.59 Å². The van der Waals surface area contributed by atoms with E-state index >= 15 is 0 Å². The Morgan fingerprint density at radius 1 is 0.909 bits per heavy atom. The lowest BCUT2D eigenvalue weighted by Crippen LogP contribution is -2.42. The maximum Gasteiger partial charge on any atom is 0.272 e. The van der Waals surface area contributed by atoms with Crippen molar-refractivity contribution in [1.82, 2.24) is 25.4 Å². The number of pyridine rings is 1. The van der Waals surface area contributed by atoms with Crippen LogP contribution in [0.2, 0.25) is 0 Å². The third-order valence-electron chi connectivity index (χ3n) is 7.50. The van der Waals surface area contributed by atoms with Gasteiger partial charge in [-0.3, -0.25) is 9.59 Å². The standard InChI is InChI=1S/C25H36N6O2/c32-24(27-19-12-14-26-15-13-19)22-20-10-11-21(30-16-6-1-2-7-17-30)28-23(20)31(29-22)25(33)18-8-4-3-5-9-18/h10-11,18-19,26H,1-9,12-17H2,(H,27,32). The van der Waals surface area contributed by atoms with Crippen LogP contribution in [0.5, 0.6) is 0 Å². The highest BCUT2D eigenvalue weighted by molar-refractivity contribution is 6.06. The summed E-state index contributed by atoms with van der Waals surface area (Å²) in [6.45, 7) is 3.76. The average molecular weight is 453 g/mol. The Morgan fingerprint density at radius 3 is 2.33 bits per heavy atom. The minimum absolute atomic E-state index is 0.0128. The van der Waals surface area contributed by atoms with Gasteiger partial charge in [0.1, 0.15) is 5.82 Å². The second kappa shape index (κ2) is 10.2. The first-order valence-corrected chi connectivity index (χ1v) is 12.9. The van der Waals surface area contributed by atoms with Gasteiger partial charge in [-0.25, -0.2) is 4.98 Å². The van der Waals surface area contributed by atoms with E-state index in [2.05, 4.69) is 20.6 Å². The fourth-order valence-electron chi connectivity index (χ4n) is 5.53. The number of carbonyl (C=O) groups is 2. The van der Waals surface area contributed by atoms with Crippen molar-refractivity contribution in [3.63, 3.8) is 0 Å². The number of aromatic nitrogens is 3. The molecule has 5 rings (SSSR count). The molecule has 2 N–H and O–H groups in total. The minimum atomic E-state index is -0.202. The number of piperidine rings is 1. The van der Waals surface area contributed by atoms with Crippen molar-refractivity contribution in [1.29, 1.82) is 0 Å². The molecule has 0 radical (unpaired) electrons. The molecular formula is C25H36N6O2. The summed E-state index contributed by atoms with van der Waals surface area (Å²) >= 11 is 0. The molecule has 0 atom stereocenters. The van der Waals surface area contributed by atoms with Gasteiger partial charge >= 0.3 is 0 Å². The van der Waals surface area contributed by atoms with E-state index in [1.807, 2.05) is 12.1 Å². The highest BCUT2D eigenvalue weighted by atomic mass is 16.2. The Morgan fingerprint density at radius 2 is 1.61 bits per heavy atom. The molecule has 1 saturated carbocycles. The first-order chi connectivity index (χ1) is 16.2. The Labute approximate surface area is 195 Å². The summed E-state index contributed by atoms with van der Waals surface area (Å²) in [6.07, 6.45) is 11.7. The third-order valence-corrected chi connectivity index (χ3v) is 7.50. The lowest BCUT2D eigenvalue weighted by molar-refractivity contribution is 0.0789. The Hall–Kier alpha value is -2.48. The van der Waals surface area contributed by atoms with Crippen LogP contribution in [0.1, 0.15) is 85.9 Å². The SMILES string of the molecule is O=C(NC1CCNCC1)c1nn(C(=O)C2CCCCC2)c2nc(N3CCCCCC3)ccc12. The molecule has 3 aliphatic rings. The van der Waals surface area contributed by atoms with Crippen molar-refractivity contribution in [3.05, 3.63) is 17.8 Å². The van der Waals surface area contributed by atoms with Crippen LogP contribution in [0.4, 0.5) is 5.82 Å². The summed E-state index contributed by atoms with van der Waals surface area (Å²) in [4.78, 5) is 33.9. The number of anilines is 1. The summed E-state index contributed by atoms with van der Waals surface area (Å²) in [5.41, 5.74) is 0.852. The lowest BCUT2D eigenvalue weighted by Gasteiger charge is -2.23. The lowest BCUT2D eigenvalue weighted by atomic mass is 9.89. The maximum absolute atomic E-state index is 13.5. The van der Waals surface area contributed by atoms with Crippen molar-refractivity contribution in [2.24, 2.45) is 5.92 Å². The van der Waals surface area contributed by atoms with Gasteiger partial charge in [-0.1, -0.05) is 32.1 Å². The number of nitrogens with one attached hydrogen (secondary N) is 2. The monoisotopic (exact) mass is 452 g/mol. The van der Waals surface area contributed by atoms with Gasteiger partial charge in [0.05, 0.1) is 5.39 Å². The van der Waals surface area contributed by atoms with E-state index < -0.39 is 0 Å². The van der Waals surface area contributed by atoms with E-state index in [0.29, 0.717) is 16.7 Å². The van der Waals surface area contributed by atoms with Crippen LogP contribution >= 0.6 is 0 Å². The van der Waals surface area contributed by atoms with Crippen LogP contribution in [-0.2, 0) is 0 Å². The number of amides is 1.